The molecule has 3 N–H and O–H groups in total. The summed E-state index contributed by atoms with van der Waals surface area (Å²) in [5, 5.41) is 3.15. The monoisotopic (exact) mass is 511 g/mol. The minimum Gasteiger partial charge on any atom is -0.496 e. The molecule has 1 fully saturated rings. The highest BCUT2D eigenvalue weighted by Gasteiger charge is 2.37. The molecule has 2 aromatic carbocycles. The number of ether oxygens (including phenoxy) is 3. The molecule has 0 unspecified atom stereocenters. The molecule has 6 nitrogen and oxygen atoms in total. The molecular weight excluding hydrogens is 481 g/mol. The number of para-hydroxylation sites is 1. The Morgan fingerprint density at radius 3 is 2.28 bits per heavy atom. The van der Waals surface area contributed by atoms with E-state index in [1.165, 1.54) is 18.4 Å². The van der Waals surface area contributed by atoms with Crippen LogP contribution in [0.15, 0.2) is 47.5 Å². The topological polar surface area (TPSA) is 78.1 Å². The number of guanidine groups is 1. The SMILES string of the molecule is COc1ccc(NC(N)=NCC2(c3ccccc3OC)CCCC2)cc1OC.I. The highest BCUT2D eigenvalue weighted by molar-refractivity contribution is 14.0. The molecule has 0 saturated heterocycles. The zero-order valence-electron chi connectivity index (χ0n) is 17.2. The minimum absolute atomic E-state index is 0. The van der Waals surface area contributed by atoms with Gasteiger partial charge in [-0.15, -0.1) is 24.0 Å². The van der Waals surface area contributed by atoms with Crippen molar-refractivity contribution < 1.29 is 14.2 Å². The van der Waals surface area contributed by atoms with Crippen LogP contribution in [0, 0.1) is 0 Å². The lowest BCUT2D eigenvalue weighted by molar-refractivity contribution is 0.355. The highest BCUT2D eigenvalue weighted by atomic mass is 127. The van der Waals surface area contributed by atoms with Crippen LogP contribution in [0.1, 0.15) is 31.2 Å². The van der Waals surface area contributed by atoms with Crippen molar-refractivity contribution in [2.75, 3.05) is 33.2 Å². The molecule has 29 heavy (non-hydrogen) atoms. The summed E-state index contributed by atoms with van der Waals surface area (Å²) in [6, 6.07) is 13.8. The predicted octanol–water partition coefficient (Wildman–Crippen LogP) is 4.57. The summed E-state index contributed by atoms with van der Waals surface area (Å²) in [4.78, 5) is 4.68. The van der Waals surface area contributed by atoms with E-state index in [9.17, 15) is 0 Å². The third-order valence-corrected chi connectivity index (χ3v) is 5.45. The van der Waals surface area contributed by atoms with Gasteiger partial charge in [-0.25, -0.2) is 0 Å². The smallest absolute Gasteiger partial charge is 0.193 e. The van der Waals surface area contributed by atoms with Gasteiger partial charge in [0.1, 0.15) is 5.75 Å². The van der Waals surface area contributed by atoms with Crippen molar-refractivity contribution >= 4 is 35.6 Å². The summed E-state index contributed by atoms with van der Waals surface area (Å²) in [5.41, 5.74) is 8.18. The van der Waals surface area contributed by atoms with E-state index in [1.807, 2.05) is 30.3 Å². The number of halogens is 1. The number of anilines is 1. The van der Waals surface area contributed by atoms with E-state index in [1.54, 1.807) is 21.3 Å². The summed E-state index contributed by atoms with van der Waals surface area (Å²) in [7, 11) is 4.94. The maximum Gasteiger partial charge on any atom is 0.193 e. The zero-order valence-corrected chi connectivity index (χ0v) is 19.6. The van der Waals surface area contributed by atoms with Crippen molar-refractivity contribution in [3.05, 3.63) is 48.0 Å². The summed E-state index contributed by atoms with van der Waals surface area (Å²) in [6.45, 7) is 0.625. The number of nitrogens with one attached hydrogen (secondary N) is 1. The van der Waals surface area contributed by atoms with Gasteiger partial charge >= 0.3 is 0 Å². The molecule has 3 rings (SSSR count). The van der Waals surface area contributed by atoms with E-state index in [-0.39, 0.29) is 29.4 Å². The van der Waals surface area contributed by atoms with Gasteiger partial charge in [-0.3, -0.25) is 4.99 Å². The Morgan fingerprint density at radius 2 is 1.62 bits per heavy atom. The predicted molar refractivity (Wildman–Crippen MR) is 128 cm³/mol. The lowest BCUT2D eigenvalue weighted by Gasteiger charge is -2.29. The summed E-state index contributed by atoms with van der Waals surface area (Å²) in [5.74, 6) is 2.62. The molecule has 0 radical (unpaired) electrons. The van der Waals surface area contributed by atoms with E-state index in [0.29, 0.717) is 24.0 Å². The number of hydrogen-bond acceptors (Lipinski definition) is 4. The summed E-state index contributed by atoms with van der Waals surface area (Å²) < 4.78 is 16.2. The van der Waals surface area contributed by atoms with Gasteiger partial charge in [0, 0.05) is 22.7 Å². The molecule has 0 aromatic heterocycles. The van der Waals surface area contributed by atoms with Crippen molar-refractivity contribution in [3.63, 3.8) is 0 Å². The number of aliphatic imine (C=N–C) groups is 1. The van der Waals surface area contributed by atoms with Gasteiger partial charge in [0.05, 0.1) is 27.9 Å². The van der Waals surface area contributed by atoms with E-state index in [2.05, 4.69) is 22.4 Å². The van der Waals surface area contributed by atoms with E-state index in [4.69, 9.17) is 19.9 Å². The Balaban J connectivity index is 0.00000300. The second-order valence-corrected chi connectivity index (χ2v) is 7.08. The van der Waals surface area contributed by atoms with E-state index in [0.717, 1.165) is 24.3 Å². The van der Waals surface area contributed by atoms with Crippen molar-refractivity contribution in [2.24, 2.45) is 10.7 Å². The molecule has 0 bridgehead atoms. The molecule has 7 heteroatoms. The third-order valence-electron chi connectivity index (χ3n) is 5.45. The standard InChI is InChI=1S/C22H29N3O3.HI/c1-26-18-9-5-4-8-17(18)22(12-6-7-13-22)15-24-21(23)25-16-10-11-19(27-2)20(14-16)28-3;/h4-5,8-11,14H,6-7,12-13,15H2,1-3H3,(H3,23,24,25);1H. The Morgan fingerprint density at radius 1 is 0.966 bits per heavy atom. The van der Waals surface area contributed by atoms with Crippen molar-refractivity contribution in [1.82, 2.24) is 0 Å². The van der Waals surface area contributed by atoms with Crippen molar-refractivity contribution in [1.29, 1.82) is 0 Å². The molecule has 0 heterocycles. The molecule has 0 amide bonds. The first kappa shape index (κ1) is 23.1. The fraction of sp³-hybridized carbons (Fsp3) is 0.409. The molecule has 0 atom stereocenters. The molecule has 1 saturated carbocycles. The van der Waals surface area contributed by atoms with E-state index < -0.39 is 0 Å². The highest BCUT2D eigenvalue weighted by Crippen LogP contribution is 2.45. The maximum absolute atomic E-state index is 6.19. The first-order chi connectivity index (χ1) is 13.6. The first-order valence-corrected chi connectivity index (χ1v) is 9.54. The van der Waals surface area contributed by atoms with Gasteiger partial charge in [-0.1, -0.05) is 31.0 Å². The third kappa shape index (κ3) is 5.26. The Labute approximate surface area is 189 Å². The van der Waals surface area contributed by atoms with Crippen LogP contribution in [0.25, 0.3) is 0 Å². The molecule has 1 aliphatic carbocycles. The van der Waals surface area contributed by atoms with Gasteiger partial charge in [-0.05, 0) is 31.0 Å². The molecular formula is C22H30IN3O3. The lowest BCUT2D eigenvalue weighted by atomic mass is 9.78. The van der Waals surface area contributed by atoms with Crippen LogP contribution >= 0.6 is 24.0 Å². The quantitative estimate of drug-likeness (QED) is 0.324. The normalized spacial score (nSPS) is 15.3. The number of hydrogen-bond donors (Lipinski definition) is 2. The average Bonchev–Trinajstić information content (AvgIpc) is 3.22. The Hall–Kier alpha value is -2.16. The first-order valence-electron chi connectivity index (χ1n) is 9.54. The zero-order chi connectivity index (χ0) is 20.0. The van der Waals surface area contributed by atoms with Crippen LogP contribution in [0.2, 0.25) is 0 Å². The fourth-order valence-electron chi connectivity index (χ4n) is 3.99. The molecule has 2 aromatic rings. The van der Waals surface area contributed by atoms with Crippen LogP contribution in [-0.2, 0) is 5.41 Å². The van der Waals surface area contributed by atoms with Crippen LogP contribution in [-0.4, -0.2) is 33.8 Å². The van der Waals surface area contributed by atoms with Gasteiger partial charge in [0.15, 0.2) is 17.5 Å². The number of benzene rings is 2. The van der Waals surface area contributed by atoms with Crippen LogP contribution in [0.3, 0.4) is 0 Å². The number of methoxy groups -OCH3 is 3. The Kier molecular flexibility index (Phi) is 8.43. The van der Waals surface area contributed by atoms with Crippen molar-refractivity contribution in [3.8, 4) is 17.2 Å². The fourth-order valence-corrected chi connectivity index (χ4v) is 3.99. The van der Waals surface area contributed by atoms with Gasteiger partial charge in [0.25, 0.3) is 0 Å². The van der Waals surface area contributed by atoms with E-state index >= 15 is 0 Å². The number of rotatable bonds is 7. The number of nitrogens with two attached hydrogens (primary N) is 1. The molecule has 1 aliphatic rings. The molecule has 158 valence electrons. The lowest BCUT2D eigenvalue weighted by Crippen LogP contribution is -2.30. The van der Waals surface area contributed by atoms with Gasteiger partial charge in [-0.2, -0.15) is 0 Å². The Bertz CT molecular complexity index is 836. The van der Waals surface area contributed by atoms with Crippen LogP contribution < -0.4 is 25.3 Å². The largest absolute Gasteiger partial charge is 0.496 e. The van der Waals surface area contributed by atoms with Crippen molar-refractivity contribution in [2.45, 2.75) is 31.1 Å². The van der Waals surface area contributed by atoms with Crippen LogP contribution in [0.4, 0.5) is 5.69 Å². The summed E-state index contributed by atoms with van der Waals surface area (Å²) >= 11 is 0. The minimum atomic E-state index is -0.0312. The summed E-state index contributed by atoms with van der Waals surface area (Å²) in [6.07, 6.45) is 4.55. The van der Waals surface area contributed by atoms with Crippen LogP contribution in [0.5, 0.6) is 17.2 Å². The van der Waals surface area contributed by atoms with Gasteiger partial charge in [0.2, 0.25) is 0 Å². The second-order valence-electron chi connectivity index (χ2n) is 7.08. The van der Waals surface area contributed by atoms with Gasteiger partial charge < -0.3 is 25.3 Å². The second kappa shape index (κ2) is 10.6. The number of nitrogens with zero attached hydrogens (tertiary/aromatic N) is 1. The molecule has 0 spiro atoms. The average molecular weight is 511 g/mol. The molecule has 0 aliphatic heterocycles. The maximum atomic E-state index is 6.19.